The highest BCUT2D eigenvalue weighted by molar-refractivity contribution is 7.47. The predicted octanol–water partition coefficient (Wildman–Crippen LogP) is 25.5. The molecule has 5 atom stereocenters. The minimum atomic E-state index is -4.99. The Hall–Kier alpha value is -4.54. The molecule has 0 saturated carbocycles. The van der Waals surface area contributed by atoms with Crippen molar-refractivity contribution in [2.24, 2.45) is 0 Å². The van der Waals surface area contributed by atoms with Crippen molar-refractivity contribution >= 4 is 39.5 Å². The molecule has 0 heterocycles. The number of aliphatic hydroxyl groups excluding tert-OH is 1. The van der Waals surface area contributed by atoms with Gasteiger partial charge in [0, 0.05) is 25.7 Å². The van der Waals surface area contributed by atoms with Gasteiger partial charge >= 0.3 is 39.5 Å². The van der Waals surface area contributed by atoms with E-state index in [2.05, 4.69) is 149 Å². The number of hydrogen-bond acceptors (Lipinski definition) is 15. The SMILES string of the molecule is CC/C=C\C/C=C\C/C=C\C/C=C\CCCCCCCCC(=O)OCC(COP(=O)(O)OCC(O)COP(=O)(O)OCC(COC(=O)CCCCCCCC/C=C\C/C=C\C/C=C\CCCCC)OC(=O)CCCCCCCCCCCCCCC)OC(=O)CCCCCCCCC/C=C\C/C=C\C/C=C\CC. The highest BCUT2D eigenvalue weighted by atomic mass is 31.2. The van der Waals surface area contributed by atoms with Gasteiger partial charge in [-0.2, -0.15) is 0 Å². The average Bonchev–Trinajstić information content (AvgIpc) is 0.886. The first-order valence-electron chi connectivity index (χ1n) is 42.8. The molecule has 0 aliphatic rings. The first-order chi connectivity index (χ1) is 52.7. The molecular weight excluding hydrogens is 1400 g/mol. The van der Waals surface area contributed by atoms with Crippen LogP contribution in [0.2, 0.25) is 0 Å². The first-order valence-corrected chi connectivity index (χ1v) is 45.8. The van der Waals surface area contributed by atoms with Crippen LogP contribution in [-0.2, 0) is 65.4 Å². The molecule has 0 aliphatic carbocycles. The van der Waals surface area contributed by atoms with Gasteiger partial charge in [-0.3, -0.25) is 37.3 Å². The van der Waals surface area contributed by atoms with Gasteiger partial charge in [0.2, 0.25) is 0 Å². The van der Waals surface area contributed by atoms with Crippen LogP contribution in [0.4, 0.5) is 0 Å². The Bertz CT molecular complexity index is 2520. The summed E-state index contributed by atoms with van der Waals surface area (Å²) in [5, 5.41) is 10.7. The van der Waals surface area contributed by atoms with E-state index in [-0.39, 0.29) is 25.7 Å². The summed E-state index contributed by atoms with van der Waals surface area (Å²) < 4.78 is 68.8. The Morgan fingerprint density at radius 3 is 0.759 bits per heavy atom. The summed E-state index contributed by atoms with van der Waals surface area (Å²) in [7, 11) is -9.97. The second-order valence-corrected chi connectivity index (χ2v) is 31.3. The van der Waals surface area contributed by atoms with Crippen molar-refractivity contribution in [1.82, 2.24) is 0 Å². The Morgan fingerprint density at radius 2 is 0.481 bits per heavy atom. The topological polar surface area (TPSA) is 237 Å². The molecule has 0 amide bonds. The standard InChI is InChI=1S/C89H154O17P2/c1-5-9-13-17-21-25-29-33-36-39-41-44-46-50-53-57-61-65-69-73-86(91)99-79-84(105-88(93)75-71-67-63-59-55-49-32-28-24-20-16-12-8-4)81-103-107(95,96)101-77-83(90)78-102-108(97,98)104-82-85(106-89(94)76-72-68-64-60-56-52-48-43-38-35-31-27-23-19-15-11-7-3)80-100-87(92)74-70-66-62-58-54-51-47-45-42-40-37-34-30-26-22-18-14-10-6-2/h10-11,14-15,21-23,25-27,33-38,41-42,44-45,83-85,90H,5-9,12-13,16-20,24,28-32,39-40,43,46-82H2,1-4H3,(H,95,96)(H,97,98)/b14-10-,15-11-,25-21-,26-22-,27-23-,36-33-,37-34-,38-35-,44-41-,45-42-. The summed E-state index contributed by atoms with van der Waals surface area (Å²) in [5.74, 6) is -2.20. The number of ether oxygens (including phenoxy) is 4. The van der Waals surface area contributed by atoms with Crippen LogP contribution in [0.1, 0.15) is 362 Å². The van der Waals surface area contributed by atoms with Crippen LogP contribution in [0.25, 0.3) is 0 Å². The summed E-state index contributed by atoms with van der Waals surface area (Å²) in [6.45, 7) is 4.64. The summed E-state index contributed by atoms with van der Waals surface area (Å²) in [5.41, 5.74) is 0. The molecular formula is C89H154O17P2. The van der Waals surface area contributed by atoms with Crippen LogP contribution in [-0.4, -0.2) is 96.7 Å². The predicted molar refractivity (Wildman–Crippen MR) is 445 cm³/mol. The lowest BCUT2D eigenvalue weighted by Gasteiger charge is -2.21. The molecule has 5 unspecified atom stereocenters. The Kier molecular flexibility index (Phi) is 77.1. The molecule has 0 aromatic carbocycles. The summed E-state index contributed by atoms with van der Waals surface area (Å²) in [4.78, 5) is 73.2. The number of phosphoric ester groups is 2. The molecule has 17 nitrogen and oxygen atoms in total. The highest BCUT2D eigenvalue weighted by Crippen LogP contribution is 2.45. The van der Waals surface area contributed by atoms with Gasteiger partial charge in [-0.1, -0.05) is 323 Å². The lowest BCUT2D eigenvalue weighted by Crippen LogP contribution is -2.30. The number of allylic oxidation sites excluding steroid dienone is 20. The fraction of sp³-hybridized carbons (Fsp3) is 0.730. The van der Waals surface area contributed by atoms with Crippen molar-refractivity contribution in [1.29, 1.82) is 0 Å². The number of carbonyl (C=O) groups excluding carboxylic acids is 4. The van der Waals surface area contributed by atoms with Crippen molar-refractivity contribution in [2.75, 3.05) is 39.6 Å². The molecule has 19 heteroatoms. The first kappa shape index (κ1) is 103. The van der Waals surface area contributed by atoms with E-state index in [1.54, 1.807) is 0 Å². The van der Waals surface area contributed by atoms with Gasteiger partial charge in [0.05, 0.1) is 26.4 Å². The quantitative estimate of drug-likeness (QED) is 0.0169. The molecule has 622 valence electrons. The summed E-state index contributed by atoms with van der Waals surface area (Å²) in [6.07, 6.45) is 90.1. The highest BCUT2D eigenvalue weighted by Gasteiger charge is 2.30. The fourth-order valence-corrected chi connectivity index (χ4v) is 13.0. The van der Waals surface area contributed by atoms with Crippen molar-refractivity contribution in [2.45, 2.75) is 380 Å². The van der Waals surface area contributed by atoms with E-state index in [9.17, 15) is 43.2 Å². The molecule has 0 spiro atoms. The van der Waals surface area contributed by atoms with Crippen LogP contribution in [0.5, 0.6) is 0 Å². The maximum atomic E-state index is 13.1. The normalized spacial score (nSPS) is 14.4. The Labute approximate surface area is 657 Å². The third-order valence-electron chi connectivity index (χ3n) is 17.9. The van der Waals surface area contributed by atoms with Crippen molar-refractivity contribution in [3.05, 3.63) is 122 Å². The van der Waals surface area contributed by atoms with E-state index < -0.39 is 97.5 Å². The molecule has 0 aliphatic heterocycles. The van der Waals surface area contributed by atoms with Gasteiger partial charge in [0.1, 0.15) is 19.3 Å². The lowest BCUT2D eigenvalue weighted by atomic mass is 10.0. The van der Waals surface area contributed by atoms with Crippen LogP contribution in [0.3, 0.4) is 0 Å². The number of phosphoric acid groups is 2. The van der Waals surface area contributed by atoms with Crippen molar-refractivity contribution in [3.63, 3.8) is 0 Å². The van der Waals surface area contributed by atoms with Gasteiger partial charge in [0.15, 0.2) is 12.2 Å². The maximum Gasteiger partial charge on any atom is 0.472 e. The van der Waals surface area contributed by atoms with E-state index in [0.717, 1.165) is 212 Å². The van der Waals surface area contributed by atoms with Crippen LogP contribution in [0.15, 0.2) is 122 Å². The van der Waals surface area contributed by atoms with E-state index in [0.29, 0.717) is 25.7 Å². The average molecular weight is 1560 g/mol. The molecule has 0 bridgehead atoms. The van der Waals surface area contributed by atoms with Crippen LogP contribution in [0, 0.1) is 0 Å². The van der Waals surface area contributed by atoms with Gasteiger partial charge in [-0.05, 0) is 135 Å². The molecule has 0 aromatic heterocycles. The van der Waals surface area contributed by atoms with Gasteiger partial charge in [-0.25, -0.2) is 9.13 Å². The number of aliphatic hydroxyl groups is 1. The summed E-state index contributed by atoms with van der Waals surface area (Å²) in [6, 6.07) is 0. The minimum absolute atomic E-state index is 0.0787. The number of esters is 4. The van der Waals surface area contributed by atoms with E-state index in [1.165, 1.54) is 70.6 Å². The van der Waals surface area contributed by atoms with Crippen molar-refractivity contribution in [3.8, 4) is 0 Å². The molecule has 0 fully saturated rings. The number of rotatable bonds is 80. The smallest absolute Gasteiger partial charge is 0.462 e. The van der Waals surface area contributed by atoms with Gasteiger partial charge in [0.25, 0.3) is 0 Å². The maximum absolute atomic E-state index is 13.1. The molecule has 108 heavy (non-hydrogen) atoms. The zero-order valence-corrected chi connectivity index (χ0v) is 70.0. The second-order valence-electron chi connectivity index (χ2n) is 28.4. The molecule has 0 radical (unpaired) electrons. The zero-order valence-electron chi connectivity index (χ0n) is 68.2. The lowest BCUT2D eigenvalue weighted by molar-refractivity contribution is -0.161. The monoisotopic (exact) mass is 1560 g/mol. The van der Waals surface area contributed by atoms with Crippen molar-refractivity contribution < 1.29 is 80.2 Å². The second kappa shape index (κ2) is 80.5. The summed E-state index contributed by atoms with van der Waals surface area (Å²) >= 11 is 0. The Morgan fingerprint density at radius 1 is 0.269 bits per heavy atom. The van der Waals surface area contributed by atoms with Crippen LogP contribution >= 0.6 is 15.6 Å². The van der Waals surface area contributed by atoms with E-state index in [1.807, 2.05) is 0 Å². The molecule has 0 saturated heterocycles. The molecule has 0 rings (SSSR count). The molecule has 3 N–H and O–H groups in total. The number of unbranched alkanes of at least 4 members (excludes halogenated alkanes) is 34. The Balaban J connectivity index is 5.37. The minimum Gasteiger partial charge on any atom is -0.462 e. The van der Waals surface area contributed by atoms with Gasteiger partial charge in [-0.15, -0.1) is 0 Å². The third-order valence-corrected chi connectivity index (χ3v) is 19.8. The molecule has 0 aromatic rings. The fourth-order valence-electron chi connectivity index (χ4n) is 11.5. The van der Waals surface area contributed by atoms with E-state index in [4.69, 9.17) is 37.0 Å². The van der Waals surface area contributed by atoms with E-state index >= 15 is 0 Å². The number of hydrogen-bond donors (Lipinski definition) is 3. The largest absolute Gasteiger partial charge is 0.472 e. The van der Waals surface area contributed by atoms with Crippen LogP contribution < -0.4 is 0 Å². The van der Waals surface area contributed by atoms with Gasteiger partial charge < -0.3 is 33.8 Å². The number of carbonyl (C=O) groups is 4. The zero-order chi connectivity index (χ0) is 78.9. The third kappa shape index (κ3) is 79.5.